The molecular formula is C20H20F3NO. The summed E-state index contributed by atoms with van der Waals surface area (Å²) >= 11 is 0. The van der Waals surface area contributed by atoms with E-state index in [4.69, 9.17) is 0 Å². The van der Waals surface area contributed by atoms with Gasteiger partial charge in [-0.2, -0.15) is 13.2 Å². The van der Waals surface area contributed by atoms with Gasteiger partial charge >= 0.3 is 6.18 Å². The number of carbonyl (C=O) groups is 1. The van der Waals surface area contributed by atoms with Gasteiger partial charge in [-0.05, 0) is 42.5 Å². The number of hydrogen-bond donors (Lipinski definition) is 1. The van der Waals surface area contributed by atoms with Crippen molar-refractivity contribution in [3.05, 3.63) is 71.3 Å². The molecule has 25 heavy (non-hydrogen) atoms. The largest absolute Gasteiger partial charge is 0.416 e. The first-order valence-electron chi connectivity index (χ1n) is 8.39. The highest BCUT2D eigenvalue weighted by Crippen LogP contribution is 2.33. The van der Waals surface area contributed by atoms with Crippen LogP contribution in [0.2, 0.25) is 0 Å². The van der Waals surface area contributed by atoms with Gasteiger partial charge in [-0.1, -0.05) is 42.5 Å². The predicted octanol–water partition coefficient (Wildman–Crippen LogP) is 4.67. The zero-order valence-corrected chi connectivity index (χ0v) is 13.7. The lowest BCUT2D eigenvalue weighted by molar-refractivity contribution is -0.137. The lowest BCUT2D eigenvalue weighted by Gasteiger charge is -2.30. The lowest BCUT2D eigenvalue weighted by atomic mass is 9.82. The van der Waals surface area contributed by atoms with Gasteiger partial charge in [-0.3, -0.25) is 4.79 Å². The number of hydrogen-bond acceptors (Lipinski definition) is 2. The smallest absolute Gasteiger partial charge is 0.316 e. The number of Topliss-reactive ketones (excluding diaryl/α,β-unsaturated/α-hetero) is 1. The molecule has 2 unspecified atom stereocenters. The second kappa shape index (κ2) is 7.40. The van der Waals surface area contributed by atoms with E-state index in [1.807, 2.05) is 30.3 Å². The fourth-order valence-electron chi connectivity index (χ4n) is 3.39. The third kappa shape index (κ3) is 4.48. The third-order valence-corrected chi connectivity index (χ3v) is 4.72. The number of benzene rings is 2. The molecule has 0 bridgehead atoms. The SMILES string of the molecule is O=C(CC1CNCC(c2ccc(C(F)(F)F)cc2)C1)c1ccccc1. The number of halogens is 3. The Balaban J connectivity index is 1.64. The van der Waals surface area contributed by atoms with E-state index in [1.54, 1.807) is 12.1 Å². The molecule has 0 aromatic heterocycles. The van der Waals surface area contributed by atoms with Gasteiger partial charge in [-0.15, -0.1) is 0 Å². The van der Waals surface area contributed by atoms with E-state index in [0.29, 0.717) is 12.0 Å². The fourth-order valence-corrected chi connectivity index (χ4v) is 3.39. The van der Waals surface area contributed by atoms with Crippen LogP contribution in [0, 0.1) is 5.92 Å². The Morgan fingerprint density at radius 1 is 1.00 bits per heavy atom. The van der Waals surface area contributed by atoms with Crippen molar-refractivity contribution in [2.24, 2.45) is 5.92 Å². The van der Waals surface area contributed by atoms with Gasteiger partial charge in [0.1, 0.15) is 0 Å². The van der Waals surface area contributed by atoms with Crippen LogP contribution in [0.3, 0.4) is 0 Å². The average molecular weight is 347 g/mol. The minimum absolute atomic E-state index is 0.112. The lowest BCUT2D eigenvalue weighted by Crippen LogP contribution is -2.36. The highest BCUT2D eigenvalue weighted by atomic mass is 19.4. The normalized spacial score (nSPS) is 21.1. The summed E-state index contributed by atoms with van der Waals surface area (Å²) in [5.41, 5.74) is 0.965. The number of nitrogens with one attached hydrogen (secondary N) is 1. The molecule has 0 saturated carbocycles. The van der Waals surface area contributed by atoms with Gasteiger partial charge in [0.15, 0.2) is 5.78 Å². The van der Waals surface area contributed by atoms with Crippen molar-refractivity contribution in [1.82, 2.24) is 5.32 Å². The standard InChI is InChI=1S/C20H20F3NO/c21-20(22,23)18-8-6-15(7-9-18)17-10-14(12-24-13-17)11-19(25)16-4-2-1-3-5-16/h1-9,14,17,24H,10-13H2. The zero-order valence-electron chi connectivity index (χ0n) is 13.7. The van der Waals surface area contributed by atoms with Crippen molar-refractivity contribution in [3.8, 4) is 0 Å². The van der Waals surface area contributed by atoms with E-state index >= 15 is 0 Å². The maximum Gasteiger partial charge on any atom is 0.416 e. The molecule has 2 aromatic rings. The van der Waals surface area contributed by atoms with Gasteiger partial charge in [-0.25, -0.2) is 0 Å². The molecule has 1 N–H and O–H groups in total. The molecule has 0 amide bonds. The minimum Gasteiger partial charge on any atom is -0.316 e. The molecule has 0 radical (unpaired) electrons. The summed E-state index contributed by atoms with van der Waals surface area (Å²) in [7, 11) is 0. The summed E-state index contributed by atoms with van der Waals surface area (Å²) in [6.07, 6.45) is -3.06. The van der Waals surface area contributed by atoms with Gasteiger partial charge < -0.3 is 5.32 Å². The maximum atomic E-state index is 12.7. The van der Waals surface area contributed by atoms with Crippen LogP contribution in [-0.2, 0) is 6.18 Å². The molecule has 3 rings (SSSR count). The first-order chi connectivity index (χ1) is 11.9. The van der Waals surface area contributed by atoms with Crippen molar-refractivity contribution >= 4 is 5.78 Å². The number of carbonyl (C=O) groups excluding carboxylic acids is 1. The molecule has 1 saturated heterocycles. The Hall–Kier alpha value is -2.14. The van der Waals surface area contributed by atoms with E-state index in [0.717, 1.165) is 37.2 Å². The van der Waals surface area contributed by atoms with Crippen LogP contribution >= 0.6 is 0 Å². The van der Waals surface area contributed by atoms with E-state index in [2.05, 4.69) is 5.32 Å². The molecule has 0 spiro atoms. The number of ketones is 1. The topological polar surface area (TPSA) is 29.1 Å². The molecule has 5 heteroatoms. The Kier molecular flexibility index (Phi) is 5.23. The quantitative estimate of drug-likeness (QED) is 0.814. The van der Waals surface area contributed by atoms with E-state index in [9.17, 15) is 18.0 Å². The Labute approximate surface area is 145 Å². The molecule has 2 nitrogen and oxygen atoms in total. The second-order valence-electron chi connectivity index (χ2n) is 6.57. The van der Waals surface area contributed by atoms with Crippen molar-refractivity contribution in [3.63, 3.8) is 0 Å². The predicted molar refractivity (Wildman–Crippen MR) is 90.6 cm³/mol. The molecule has 132 valence electrons. The molecule has 1 fully saturated rings. The van der Waals surface area contributed by atoms with Crippen LogP contribution in [-0.4, -0.2) is 18.9 Å². The average Bonchev–Trinajstić information content (AvgIpc) is 2.62. The summed E-state index contributed by atoms with van der Waals surface area (Å²) in [5, 5.41) is 3.31. The van der Waals surface area contributed by atoms with Crippen LogP contribution in [0.1, 0.15) is 40.2 Å². The van der Waals surface area contributed by atoms with Crippen LogP contribution in [0.4, 0.5) is 13.2 Å². The Bertz CT molecular complexity index is 710. The Morgan fingerprint density at radius 2 is 1.68 bits per heavy atom. The van der Waals surface area contributed by atoms with Crippen molar-refractivity contribution in [2.75, 3.05) is 13.1 Å². The minimum atomic E-state index is -4.31. The van der Waals surface area contributed by atoms with Crippen LogP contribution in [0.25, 0.3) is 0 Å². The van der Waals surface area contributed by atoms with Gasteiger partial charge in [0, 0.05) is 18.5 Å². The van der Waals surface area contributed by atoms with Gasteiger partial charge in [0.2, 0.25) is 0 Å². The fraction of sp³-hybridized carbons (Fsp3) is 0.350. The van der Waals surface area contributed by atoms with E-state index in [-0.39, 0.29) is 17.6 Å². The number of rotatable bonds is 4. The van der Waals surface area contributed by atoms with Gasteiger partial charge in [0.05, 0.1) is 5.56 Å². The number of piperidine rings is 1. The van der Waals surface area contributed by atoms with Crippen LogP contribution < -0.4 is 5.32 Å². The van der Waals surface area contributed by atoms with Crippen molar-refractivity contribution in [1.29, 1.82) is 0 Å². The monoisotopic (exact) mass is 347 g/mol. The summed E-state index contributed by atoms with van der Waals surface area (Å²) in [4.78, 5) is 12.4. The van der Waals surface area contributed by atoms with Crippen LogP contribution in [0.5, 0.6) is 0 Å². The molecule has 1 aliphatic heterocycles. The molecule has 1 aliphatic rings. The molecule has 2 atom stereocenters. The number of alkyl halides is 3. The molecule has 2 aromatic carbocycles. The van der Waals surface area contributed by atoms with Crippen molar-refractivity contribution < 1.29 is 18.0 Å². The first kappa shape index (κ1) is 17.7. The second-order valence-corrected chi connectivity index (χ2v) is 6.57. The third-order valence-electron chi connectivity index (χ3n) is 4.72. The summed E-state index contributed by atoms with van der Waals surface area (Å²) < 4.78 is 38.0. The van der Waals surface area contributed by atoms with Gasteiger partial charge in [0.25, 0.3) is 0 Å². The summed E-state index contributed by atoms with van der Waals surface area (Å²) in [6, 6.07) is 14.6. The van der Waals surface area contributed by atoms with E-state index < -0.39 is 11.7 Å². The highest BCUT2D eigenvalue weighted by Gasteiger charge is 2.31. The molecule has 1 heterocycles. The summed E-state index contributed by atoms with van der Waals surface area (Å²) in [6.45, 7) is 1.48. The molecule has 0 aliphatic carbocycles. The molecular weight excluding hydrogens is 327 g/mol. The first-order valence-corrected chi connectivity index (χ1v) is 8.39. The highest BCUT2D eigenvalue weighted by molar-refractivity contribution is 5.96. The summed E-state index contributed by atoms with van der Waals surface area (Å²) in [5.74, 6) is 0.429. The Morgan fingerprint density at radius 3 is 2.32 bits per heavy atom. The maximum absolute atomic E-state index is 12.7. The van der Waals surface area contributed by atoms with Crippen molar-refractivity contribution in [2.45, 2.75) is 24.9 Å². The van der Waals surface area contributed by atoms with Crippen LogP contribution in [0.15, 0.2) is 54.6 Å². The van der Waals surface area contributed by atoms with E-state index in [1.165, 1.54) is 0 Å². The zero-order chi connectivity index (χ0) is 17.9.